The molecule has 0 fully saturated rings. The van der Waals surface area contributed by atoms with E-state index in [-0.39, 0.29) is 0 Å². The zero-order chi connectivity index (χ0) is 26.1. The van der Waals surface area contributed by atoms with Crippen molar-refractivity contribution in [1.29, 1.82) is 0 Å². The summed E-state index contributed by atoms with van der Waals surface area (Å²) in [5, 5.41) is 0.748. The molecular formula is C29H25BF2N2O3. The Hall–Kier alpha value is -3.96. The lowest BCUT2D eigenvalue weighted by atomic mass is 9.86. The van der Waals surface area contributed by atoms with Crippen LogP contribution in [0.4, 0.5) is 8.63 Å². The topological polar surface area (TPSA) is 47.4 Å². The van der Waals surface area contributed by atoms with E-state index in [1.165, 1.54) is 0 Å². The Morgan fingerprint density at radius 2 is 1.92 bits per heavy atom. The molecule has 0 aliphatic carbocycles. The van der Waals surface area contributed by atoms with Crippen LogP contribution in [0, 0.1) is 25.7 Å². The highest BCUT2D eigenvalue weighted by Crippen LogP contribution is 2.42. The van der Waals surface area contributed by atoms with Crippen LogP contribution < -0.4 is 5.63 Å². The number of benzene rings is 1. The monoisotopic (exact) mass is 498 g/mol. The largest absolute Gasteiger partial charge is 0.737 e. The van der Waals surface area contributed by atoms with Crippen LogP contribution in [-0.2, 0) is 11.3 Å². The lowest BCUT2D eigenvalue weighted by Gasteiger charge is -2.33. The molecule has 0 spiro atoms. The van der Waals surface area contributed by atoms with Crippen molar-refractivity contribution in [2.45, 2.75) is 40.7 Å². The third-order valence-corrected chi connectivity index (χ3v) is 7.24. The predicted octanol–water partition coefficient (Wildman–Crippen LogP) is 5.58. The highest BCUT2D eigenvalue weighted by Gasteiger charge is 2.54. The van der Waals surface area contributed by atoms with Crippen molar-refractivity contribution in [3.05, 3.63) is 91.7 Å². The van der Waals surface area contributed by atoms with E-state index >= 15 is 8.63 Å². The Labute approximate surface area is 213 Å². The van der Waals surface area contributed by atoms with Gasteiger partial charge in [0, 0.05) is 41.6 Å². The molecule has 5 nitrogen and oxygen atoms in total. The quantitative estimate of drug-likeness (QED) is 0.264. The lowest BCUT2D eigenvalue weighted by Crippen LogP contribution is -2.51. The van der Waals surface area contributed by atoms with E-state index in [9.17, 15) is 4.79 Å². The fourth-order valence-electron chi connectivity index (χ4n) is 5.72. The van der Waals surface area contributed by atoms with Crippen molar-refractivity contribution in [3.8, 4) is 11.8 Å². The Bertz CT molecular complexity index is 1770. The molecule has 186 valence electrons. The second kappa shape index (κ2) is 8.29. The first-order chi connectivity index (χ1) is 17.7. The van der Waals surface area contributed by atoms with E-state index in [4.69, 9.17) is 9.15 Å². The van der Waals surface area contributed by atoms with E-state index in [1.807, 2.05) is 19.9 Å². The molecular weight excluding hydrogens is 473 g/mol. The number of fused-ring (bicyclic) bond motifs is 4. The number of aryl methyl sites for hydroxylation is 2. The smallest absolute Gasteiger partial charge is 0.422 e. The first-order valence-corrected chi connectivity index (χ1v) is 12.3. The summed E-state index contributed by atoms with van der Waals surface area (Å²) in [7, 11) is 0. The summed E-state index contributed by atoms with van der Waals surface area (Å²) in [5.41, 5.74) is 6.08. The molecule has 0 saturated heterocycles. The van der Waals surface area contributed by atoms with Gasteiger partial charge in [-0.15, -0.1) is 0 Å². The van der Waals surface area contributed by atoms with E-state index in [2.05, 4.69) is 11.8 Å². The van der Waals surface area contributed by atoms with Crippen molar-refractivity contribution in [2.75, 3.05) is 6.61 Å². The van der Waals surface area contributed by atoms with Crippen LogP contribution in [0.15, 0.2) is 56.9 Å². The second-order valence-corrected chi connectivity index (χ2v) is 9.85. The molecule has 0 N–H and O–H groups in total. The van der Waals surface area contributed by atoms with Crippen LogP contribution in [0.25, 0.3) is 22.6 Å². The summed E-state index contributed by atoms with van der Waals surface area (Å²) in [4.78, 5) is 12.9. The normalized spacial score (nSPS) is 18.3. The number of hydrogen-bond acceptors (Lipinski definition) is 3. The molecule has 0 saturated carbocycles. The summed E-state index contributed by atoms with van der Waals surface area (Å²) >= 11 is 0. The van der Waals surface area contributed by atoms with E-state index in [0.717, 1.165) is 36.6 Å². The summed E-state index contributed by atoms with van der Waals surface area (Å²) in [6.07, 6.45) is 5.84. The van der Waals surface area contributed by atoms with E-state index < -0.39 is 12.6 Å². The van der Waals surface area contributed by atoms with Crippen molar-refractivity contribution in [3.63, 3.8) is 0 Å². The summed E-state index contributed by atoms with van der Waals surface area (Å²) < 4.78 is 45.1. The number of hydrogen-bond donors (Lipinski definition) is 0. The lowest BCUT2D eigenvalue weighted by molar-refractivity contribution is -0.363. The van der Waals surface area contributed by atoms with Gasteiger partial charge in [0.05, 0.1) is 24.4 Å². The number of ether oxygens (including phenoxy) is 1. The molecule has 0 radical (unpaired) electrons. The standard InChI is InChI=1S/C29H25BF2N2O3/c1-17-11-19(3)33-27(17)25(28-18(2)12-20(4)34(28)30(33,31)32)9-8-22-13-23-14-24-16-36-10-6-5-7-21(24)15-26(23)37-29(22)35/h8-9,11-15H,6,10,16H2,1-4H3/b9-8+. The van der Waals surface area contributed by atoms with Gasteiger partial charge >= 0.3 is 12.6 Å². The number of halogens is 2. The maximum atomic E-state index is 15.8. The number of aromatic nitrogens is 1. The van der Waals surface area contributed by atoms with Crippen molar-refractivity contribution < 1.29 is 22.3 Å². The van der Waals surface area contributed by atoms with Crippen LogP contribution in [0.5, 0.6) is 0 Å². The minimum Gasteiger partial charge on any atom is -0.422 e. The highest BCUT2D eigenvalue weighted by molar-refractivity contribution is 6.58. The fourth-order valence-corrected chi connectivity index (χ4v) is 5.72. The second-order valence-electron chi connectivity index (χ2n) is 9.85. The minimum absolute atomic E-state index is 0.334. The molecule has 3 aliphatic heterocycles. The summed E-state index contributed by atoms with van der Waals surface area (Å²) in [6, 6.07) is 7.25. The van der Waals surface area contributed by atoms with Crippen LogP contribution in [0.2, 0.25) is 0 Å². The van der Waals surface area contributed by atoms with Gasteiger partial charge < -0.3 is 26.7 Å². The molecule has 5 heterocycles. The Morgan fingerprint density at radius 3 is 2.73 bits per heavy atom. The van der Waals surface area contributed by atoms with Crippen LogP contribution in [0.3, 0.4) is 0 Å². The van der Waals surface area contributed by atoms with Gasteiger partial charge in [-0.1, -0.05) is 11.8 Å². The van der Waals surface area contributed by atoms with Crippen LogP contribution in [0.1, 0.15) is 53.9 Å². The molecule has 0 amide bonds. The average molecular weight is 498 g/mol. The molecule has 3 aliphatic rings. The molecule has 3 aromatic rings. The van der Waals surface area contributed by atoms with Gasteiger partial charge in [-0.3, -0.25) is 0 Å². The molecule has 0 atom stereocenters. The summed E-state index contributed by atoms with van der Waals surface area (Å²) in [5.74, 6) is 6.19. The molecule has 0 unspecified atom stereocenters. The highest BCUT2D eigenvalue weighted by atomic mass is 19.2. The third kappa shape index (κ3) is 3.57. The Kier molecular flexibility index (Phi) is 5.25. The van der Waals surface area contributed by atoms with Crippen molar-refractivity contribution in [1.82, 2.24) is 4.48 Å². The SMILES string of the molecule is CC1=CC(C)=[N+]2C1=C(/C=C/c1cc3cc4c(cc3oc1=O)C#CCCOC4)c1c(C)cc(C)n1[B-]2(F)F. The van der Waals surface area contributed by atoms with Crippen LogP contribution in [-0.4, -0.2) is 28.3 Å². The van der Waals surface area contributed by atoms with Gasteiger partial charge in [-0.25, -0.2) is 4.79 Å². The Morgan fingerprint density at radius 1 is 1.11 bits per heavy atom. The first-order valence-electron chi connectivity index (χ1n) is 12.3. The van der Waals surface area contributed by atoms with Gasteiger partial charge in [-0.2, -0.15) is 0 Å². The third-order valence-electron chi connectivity index (χ3n) is 7.24. The molecule has 6 rings (SSSR count). The van der Waals surface area contributed by atoms with Gasteiger partial charge in [0.25, 0.3) is 0 Å². The van der Waals surface area contributed by atoms with Gasteiger partial charge in [-0.05, 0) is 74.0 Å². The average Bonchev–Trinajstić information content (AvgIpc) is 3.29. The van der Waals surface area contributed by atoms with Gasteiger partial charge in [0.2, 0.25) is 0 Å². The van der Waals surface area contributed by atoms with Crippen molar-refractivity contribution >= 4 is 35.3 Å². The number of rotatable bonds is 2. The summed E-state index contributed by atoms with van der Waals surface area (Å²) in [6.45, 7) is 4.02. The molecule has 0 bridgehead atoms. The fraction of sp³-hybridized carbons (Fsp3) is 0.241. The van der Waals surface area contributed by atoms with Gasteiger partial charge in [0.1, 0.15) is 11.3 Å². The maximum absolute atomic E-state index is 15.8. The zero-order valence-corrected chi connectivity index (χ0v) is 21.1. The molecule has 8 heteroatoms. The number of nitrogens with zero attached hydrogens (tertiary/aromatic N) is 2. The van der Waals surface area contributed by atoms with Crippen molar-refractivity contribution in [2.24, 2.45) is 0 Å². The van der Waals surface area contributed by atoms with E-state index in [0.29, 0.717) is 59.2 Å². The first kappa shape index (κ1) is 23.4. The molecule has 1 aromatic carbocycles. The Balaban J connectivity index is 1.52. The molecule has 2 aromatic heterocycles. The van der Waals surface area contributed by atoms with Gasteiger partial charge in [0.15, 0.2) is 5.70 Å². The zero-order valence-electron chi connectivity index (χ0n) is 21.1. The maximum Gasteiger partial charge on any atom is 0.737 e. The van der Waals surface area contributed by atoms with Crippen LogP contribution >= 0.6 is 0 Å². The predicted molar refractivity (Wildman–Crippen MR) is 142 cm³/mol. The minimum atomic E-state index is -4.05. The molecule has 37 heavy (non-hydrogen) atoms. The van der Waals surface area contributed by atoms with E-state index in [1.54, 1.807) is 50.3 Å². The number of allylic oxidation sites excluding steroid dienone is 4.